The van der Waals surface area contributed by atoms with Gasteiger partial charge in [-0.2, -0.15) is 0 Å². The maximum Gasteiger partial charge on any atom is 0.191 e. The average Bonchev–Trinajstić information content (AvgIpc) is 2.61. The maximum absolute atomic E-state index is 5.38. The van der Waals surface area contributed by atoms with E-state index in [2.05, 4.69) is 34.3 Å². The highest BCUT2D eigenvalue weighted by atomic mass is 16.5. The highest BCUT2D eigenvalue weighted by Gasteiger charge is 2.15. The molecule has 2 heterocycles. The zero-order chi connectivity index (χ0) is 17.0. The fraction of sp³-hybridized carbons (Fsp3) is 0.944. The first-order valence-electron chi connectivity index (χ1n) is 9.82. The first kappa shape index (κ1) is 19.5. The van der Waals surface area contributed by atoms with Gasteiger partial charge in [0.1, 0.15) is 0 Å². The fourth-order valence-corrected chi connectivity index (χ4v) is 3.27. The summed E-state index contributed by atoms with van der Waals surface area (Å²) in [6, 6.07) is 0. The molecule has 0 aliphatic carbocycles. The molecule has 0 aromatic heterocycles. The number of nitrogens with zero attached hydrogens (tertiary/aromatic N) is 3. The fourth-order valence-electron chi connectivity index (χ4n) is 3.27. The van der Waals surface area contributed by atoms with Crippen molar-refractivity contribution in [3.63, 3.8) is 0 Å². The van der Waals surface area contributed by atoms with Crippen LogP contribution in [0.4, 0.5) is 0 Å². The zero-order valence-electron chi connectivity index (χ0n) is 15.7. The Morgan fingerprint density at radius 3 is 2.46 bits per heavy atom. The third kappa shape index (κ3) is 7.81. The van der Waals surface area contributed by atoms with Crippen molar-refractivity contribution >= 4 is 5.96 Å². The number of piperidine rings is 1. The van der Waals surface area contributed by atoms with E-state index in [0.717, 1.165) is 77.3 Å². The summed E-state index contributed by atoms with van der Waals surface area (Å²) in [5, 5.41) is 6.83. The number of hydrogen-bond donors (Lipinski definition) is 2. The largest absolute Gasteiger partial charge is 0.379 e. The standard InChI is InChI=1S/C18H37N5O/c1-3-19-18(20-7-4-9-22-13-15-24-16-14-22)21-8-12-23-10-5-17(2)6-11-23/h17H,3-16H2,1-2H3,(H2,19,20,21). The Balaban J connectivity index is 1.59. The summed E-state index contributed by atoms with van der Waals surface area (Å²) in [6.07, 6.45) is 3.80. The summed E-state index contributed by atoms with van der Waals surface area (Å²) in [5.41, 5.74) is 0. The van der Waals surface area contributed by atoms with Crippen molar-refractivity contribution in [3.8, 4) is 0 Å². The minimum atomic E-state index is 0.878. The van der Waals surface area contributed by atoms with Crippen LogP contribution in [0.25, 0.3) is 0 Å². The van der Waals surface area contributed by atoms with E-state index in [9.17, 15) is 0 Å². The Kier molecular flexibility index (Phi) is 9.46. The molecule has 0 aromatic rings. The number of rotatable bonds is 8. The second-order valence-corrected chi connectivity index (χ2v) is 7.02. The SMILES string of the molecule is CCNC(=NCCCN1CCOCC1)NCCN1CCC(C)CC1. The number of aliphatic imine (C=N–C) groups is 1. The molecule has 0 saturated carbocycles. The quantitative estimate of drug-likeness (QED) is 0.392. The van der Waals surface area contributed by atoms with Gasteiger partial charge >= 0.3 is 0 Å². The Labute approximate surface area is 148 Å². The molecule has 0 amide bonds. The van der Waals surface area contributed by atoms with Crippen LogP contribution in [-0.2, 0) is 4.74 Å². The van der Waals surface area contributed by atoms with E-state index in [1.165, 1.54) is 25.9 Å². The summed E-state index contributed by atoms with van der Waals surface area (Å²) in [6.45, 7) is 15.9. The van der Waals surface area contributed by atoms with Crippen LogP contribution in [0.15, 0.2) is 4.99 Å². The lowest BCUT2D eigenvalue weighted by atomic mass is 9.99. The third-order valence-corrected chi connectivity index (χ3v) is 4.95. The second-order valence-electron chi connectivity index (χ2n) is 7.02. The van der Waals surface area contributed by atoms with E-state index in [4.69, 9.17) is 9.73 Å². The van der Waals surface area contributed by atoms with Crippen molar-refractivity contribution in [1.29, 1.82) is 0 Å². The lowest BCUT2D eigenvalue weighted by molar-refractivity contribution is 0.0377. The molecule has 6 heteroatoms. The summed E-state index contributed by atoms with van der Waals surface area (Å²) >= 11 is 0. The van der Waals surface area contributed by atoms with Crippen LogP contribution in [0.2, 0.25) is 0 Å². The molecule has 2 fully saturated rings. The molecular formula is C18H37N5O. The van der Waals surface area contributed by atoms with Gasteiger partial charge in [0.15, 0.2) is 5.96 Å². The van der Waals surface area contributed by atoms with Gasteiger partial charge in [0.05, 0.1) is 13.2 Å². The lowest BCUT2D eigenvalue weighted by Crippen LogP contribution is -2.43. The van der Waals surface area contributed by atoms with Crippen LogP contribution in [0.3, 0.4) is 0 Å². The molecule has 6 nitrogen and oxygen atoms in total. The first-order valence-corrected chi connectivity index (χ1v) is 9.82. The van der Waals surface area contributed by atoms with Crippen molar-refractivity contribution in [2.24, 2.45) is 10.9 Å². The number of nitrogens with one attached hydrogen (secondary N) is 2. The van der Waals surface area contributed by atoms with Crippen LogP contribution in [0.5, 0.6) is 0 Å². The first-order chi connectivity index (χ1) is 11.8. The van der Waals surface area contributed by atoms with E-state index in [-0.39, 0.29) is 0 Å². The molecule has 2 aliphatic heterocycles. The van der Waals surface area contributed by atoms with Gasteiger partial charge in [0, 0.05) is 45.8 Å². The van der Waals surface area contributed by atoms with Gasteiger partial charge in [-0.15, -0.1) is 0 Å². The smallest absolute Gasteiger partial charge is 0.191 e. The number of ether oxygens (including phenoxy) is 1. The van der Waals surface area contributed by atoms with Gasteiger partial charge in [-0.25, -0.2) is 0 Å². The average molecular weight is 340 g/mol. The Morgan fingerprint density at radius 2 is 1.75 bits per heavy atom. The molecule has 0 spiro atoms. The van der Waals surface area contributed by atoms with Crippen LogP contribution >= 0.6 is 0 Å². The topological polar surface area (TPSA) is 52.1 Å². The summed E-state index contributed by atoms with van der Waals surface area (Å²) in [7, 11) is 0. The third-order valence-electron chi connectivity index (χ3n) is 4.95. The van der Waals surface area contributed by atoms with Gasteiger partial charge in [-0.3, -0.25) is 9.89 Å². The molecule has 24 heavy (non-hydrogen) atoms. The molecule has 2 N–H and O–H groups in total. The second kappa shape index (κ2) is 11.7. The van der Waals surface area contributed by atoms with Crippen LogP contribution in [0, 0.1) is 5.92 Å². The molecule has 2 aliphatic rings. The van der Waals surface area contributed by atoms with Crippen LogP contribution in [0.1, 0.15) is 33.1 Å². The van der Waals surface area contributed by atoms with Crippen molar-refractivity contribution < 1.29 is 4.74 Å². The van der Waals surface area contributed by atoms with Crippen LogP contribution in [-0.4, -0.2) is 87.9 Å². The summed E-state index contributed by atoms with van der Waals surface area (Å²) < 4.78 is 5.38. The van der Waals surface area contributed by atoms with Crippen LogP contribution < -0.4 is 10.6 Å². The summed E-state index contributed by atoms with van der Waals surface area (Å²) in [5.74, 6) is 1.87. The van der Waals surface area contributed by atoms with E-state index in [0.29, 0.717) is 0 Å². The molecule has 2 saturated heterocycles. The maximum atomic E-state index is 5.38. The van der Waals surface area contributed by atoms with Gasteiger partial charge in [0.2, 0.25) is 0 Å². The molecule has 0 atom stereocenters. The number of hydrogen-bond acceptors (Lipinski definition) is 4. The van der Waals surface area contributed by atoms with E-state index >= 15 is 0 Å². The molecular weight excluding hydrogens is 302 g/mol. The molecule has 2 rings (SSSR count). The van der Waals surface area contributed by atoms with E-state index < -0.39 is 0 Å². The number of morpholine rings is 1. The van der Waals surface area contributed by atoms with Crippen molar-refractivity contribution in [2.75, 3.05) is 72.1 Å². The van der Waals surface area contributed by atoms with E-state index in [1.54, 1.807) is 0 Å². The van der Waals surface area contributed by atoms with Gasteiger partial charge in [-0.1, -0.05) is 6.92 Å². The van der Waals surface area contributed by atoms with Gasteiger partial charge in [0.25, 0.3) is 0 Å². The van der Waals surface area contributed by atoms with Crippen molar-refractivity contribution in [1.82, 2.24) is 20.4 Å². The molecule has 0 radical (unpaired) electrons. The number of likely N-dealkylation sites (tertiary alicyclic amines) is 1. The molecule has 0 unspecified atom stereocenters. The highest BCUT2D eigenvalue weighted by molar-refractivity contribution is 5.79. The molecule has 0 aromatic carbocycles. The Morgan fingerprint density at radius 1 is 1.04 bits per heavy atom. The summed E-state index contributed by atoms with van der Waals surface area (Å²) in [4.78, 5) is 9.74. The predicted octanol–water partition coefficient (Wildman–Crippen LogP) is 0.996. The van der Waals surface area contributed by atoms with Gasteiger partial charge < -0.3 is 20.3 Å². The monoisotopic (exact) mass is 339 g/mol. The minimum absolute atomic E-state index is 0.878. The lowest BCUT2D eigenvalue weighted by Gasteiger charge is -2.30. The number of guanidine groups is 1. The zero-order valence-corrected chi connectivity index (χ0v) is 15.7. The van der Waals surface area contributed by atoms with Gasteiger partial charge in [-0.05, 0) is 45.2 Å². The molecule has 140 valence electrons. The van der Waals surface area contributed by atoms with Crippen molar-refractivity contribution in [3.05, 3.63) is 0 Å². The normalized spacial score (nSPS) is 21.8. The minimum Gasteiger partial charge on any atom is -0.379 e. The molecule has 0 bridgehead atoms. The van der Waals surface area contributed by atoms with Crippen molar-refractivity contribution in [2.45, 2.75) is 33.1 Å². The van der Waals surface area contributed by atoms with E-state index in [1.807, 2.05) is 0 Å². The Hall–Kier alpha value is -0.850. The predicted molar refractivity (Wildman–Crippen MR) is 101 cm³/mol. The highest BCUT2D eigenvalue weighted by Crippen LogP contribution is 2.14. The Bertz CT molecular complexity index is 349.